The fourth-order valence-corrected chi connectivity index (χ4v) is 3.55. The predicted molar refractivity (Wildman–Crippen MR) is 112 cm³/mol. The Morgan fingerprint density at radius 3 is 2.47 bits per heavy atom. The van der Waals surface area contributed by atoms with Crippen LogP contribution in [-0.4, -0.2) is 32.4 Å². The van der Waals surface area contributed by atoms with Gasteiger partial charge in [0, 0.05) is 34.9 Å². The first kappa shape index (κ1) is 21.7. The zero-order valence-electron chi connectivity index (χ0n) is 16.0. The Hall–Kier alpha value is -3.50. The number of nitrogens with one attached hydrogen (secondary N) is 3. The third kappa shape index (κ3) is 3.57. The normalized spacial score (nSPS) is 13.7. The monoisotopic (exact) mass is 463 g/mol. The van der Waals surface area contributed by atoms with E-state index >= 15 is 0 Å². The molecule has 0 aliphatic rings. The second-order valence-electron chi connectivity index (χ2n) is 6.88. The minimum atomic E-state index is -5.13. The van der Waals surface area contributed by atoms with Crippen LogP contribution in [-0.2, 0) is 5.60 Å². The maximum atomic E-state index is 14.3. The maximum Gasteiger partial charge on any atom is 0.425 e. The lowest BCUT2D eigenvalue weighted by molar-refractivity contribution is -0.247. The van der Waals surface area contributed by atoms with Crippen LogP contribution >= 0.6 is 11.6 Å². The van der Waals surface area contributed by atoms with Crippen LogP contribution in [0.15, 0.2) is 55.0 Å². The van der Waals surface area contributed by atoms with Gasteiger partial charge in [0.2, 0.25) is 5.60 Å². The number of hydrogen-bond acceptors (Lipinski definition) is 5. The van der Waals surface area contributed by atoms with Crippen molar-refractivity contribution in [2.75, 3.05) is 5.32 Å². The van der Waals surface area contributed by atoms with Crippen molar-refractivity contribution in [2.24, 2.45) is 0 Å². The summed E-state index contributed by atoms with van der Waals surface area (Å²) in [6.45, 7) is 0. The Balaban J connectivity index is 1.84. The molecule has 6 nitrogen and oxygen atoms in total. The fraction of sp³-hybridized carbons (Fsp3) is 0.0952. The van der Waals surface area contributed by atoms with Crippen LogP contribution in [0.4, 0.5) is 28.9 Å². The quantitative estimate of drug-likeness (QED) is 0.184. The molecule has 164 valence electrons. The summed E-state index contributed by atoms with van der Waals surface area (Å²) in [5.74, 6) is -0.448. The van der Waals surface area contributed by atoms with Gasteiger partial charge in [-0.3, -0.25) is 0 Å². The van der Waals surface area contributed by atoms with Crippen molar-refractivity contribution in [3.63, 3.8) is 0 Å². The Labute approximate surface area is 183 Å². The van der Waals surface area contributed by atoms with E-state index in [-0.39, 0.29) is 21.7 Å². The number of hydrogen-bond donors (Lipinski definition) is 4. The van der Waals surface area contributed by atoms with Gasteiger partial charge in [-0.25, -0.2) is 14.4 Å². The highest BCUT2D eigenvalue weighted by Gasteiger charge is 2.57. The first-order valence-electron chi connectivity index (χ1n) is 9.10. The Kier molecular flexibility index (Phi) is 5.35. The lowest BCUT2D eigenvalue weighted by Gasteiger charge is -2.31. The minimum absolute atomic E-state index is 0.0497. The standard InChI is InChI=1S/C21H14ClF4N5O/c22-19-18-17(29-10-30-19)15(9-28-18)20(32,21(24,25)26)12-1-6-16(11(7-12)8-27)31-14-4-2-13(23)3-5-14/h1-10,27-28,31-32H. The number of rotatable bonds is 5. The van der Waals surface area contributed by atoms with E-state index in [0.29, 0.717) is 11.4 Å². The van der Waals surface area contributed by atoms with E-state index in [1.165, 1.54) is 30.3 Å². The van der Waals surface area contributed by atoms with Crippen molar-refractivity contribution in [1.29, 1.82) is 5.41 Å². The van der Waals surface area contributed by atoms with Crippen LogP contribution in [0.2, 0.25) is 5.15 Å². The molecule has 0 amide bonds. The molecular weight excluding hydrogens is 450 g/mol. The maximum absolute atomic E-state index is 14.3. The molecule has 11 heteroatoms. The van der Waals surface area contributed by atoms with E-state index in [0.717, 1.165) is 30.9 Å². The highest BCUT2D eigenvalue weighted by Crippen LogP contribution is 2.47. The van der Waals surface area contributed by atoms with Gasteiger partial charge in [0.25, 0.3) is 0 Å². The van der Waals surface area contributed by atoms with Gasteiger partial charge in [-0.1, -0.05) is 17.7 Å². The average molecular weight is 464 g/mol. The van der Waals surface area contributed by atoms with Crippen molar-refractivity contribution in [3.8, 4) is 0 Å². The number of H-pyrrole nitrogens is 1. The molecule has 2 heterocycles. The van der Waals surface area contributed by atoms with Gasteiger partial charge in [0.1, 0.15) is 17.7 Å². The second-order valence-corrected chi connectivity index (χ2v) is 7.23. The third-order valence-electron chi connectivity index (χ3n) is 4.97. The summed E-state index contributed by atoms with van der Waals surface area (Å²) >= 11 is 5.93. The lowest BCUT2D eigenvalue weighted by atomic mass is 9.85. The van der Waals surface area contributed by atoms with Crippen LogP contribution < -0.4 is 5.32 Å². The molecule has 0 aliphatic heterocycles. The van der Waals surface area contributed by atoms with Crippen LogP contribution in [0.25, 0.3) is 11.0 Å². The molecule has 1 atom stereocenters. The largest absolute Gasteiger partial charge is 0.425 e. The molecule has 2 aromatic heterocycles. The van der Waals surface area contributed by atoms with E-state index in [4.69, 9.17) is 17.0 Å². The van der Waals surface area contributed by atoms with Gasteiger partial charge < -0.3 is 20.8 Å². The SMILES string of the molecule is N=Cc1cc(C(O)(c2c[nH]c3c(Cl)ncnc23)C(F)(F)F)ccc1Nc1ccc(F)cc1. The number of anilines is 2. The smallest absolute Gasteiger partial charge is 0.372 e. The molecule has 0 spiro atoms. The third-order valence-corrected chi connectivity index (χ3v) is 5.25. The van der Waals surface area contributed by atoms with Crippen molar-refractivity contribution >= 4 is 40.2 Å². The number of fused-ring (bicyclic) bond motifs is 1. The molecule has 32 heavy (non-hydrogen) atoms. The predicted octanol–water partition coefficient (Wildman–Crippen LogP) is 5.29. The zero-order valence-corrected chi connectivity index (χ0v) is 16.8. The summed E-state index contributed by atoms with van der Waals surface area (Å²) in [5.41, 5.74) is -3.83. The number of aromatic nitrogens is 3. The Morgan fingerprint density at radius 1 is 1.09 bits per heavy atom. The molecule has 4 aromatic rings. The van der Waals surface area contributed by atoms with Crippen molar-refractivity contribution < 1.29 is 22.7 Å². The summed E-state index contributed by atoms with van der Waals surface area (Å²) in [4.78, 5) is 10.2. The fourth-order valence-electron chi connectivity index (χ4n) is 3.37. The van der Waals surface area contributed by atoms with E-state index in [9.17, 15) is 22.7 Å². The lowest BCUT2D eigenvalue weighted by Crippen LogP contribution is -2.43. The van der Waals surface area contributed by atoms with Crippen molar-refractivity contribution in [1.82, 2.24) is 15.0 Å². The molecule has 0 saturated carbocycles. The van der Waals surface area contributed by atoms with Crippen molar-refractivity contribution in [2.45, 2.75) is 11.8 Å². The van der Waals surface area contributed by atoms with Crippen LogP contribution in [0.5, 0.6) is 0 Å². The number of nitrogens with zero attached hydrogens (tertiary/aromatic N) is 2. The average Bonchev–Trinajstić information content (AvgIpc) is 3.20. The first-order chi connectivity index (χ1) is 15.1. The Bertz CT molecular complexity index is 1310. The van der Waals surface area contributed by atoms with E-state index in [1.807, 2.05) is 0 Å². The molecule has 0 radical (unpaired) electrons. The summed E-state index contributed by atoms with van der Waals surface area (Å²) < 4.78 is 55.9. The molecule has 1 unspecified atom stereocenters. The van der Waals surface area contributed by atoms with Crippen LogP contribution in [0, 0.1) is 11.2 Å². The topological polar surface area (TPSA) is 97.7 Å². The zero-order chi connectivity index (χ0) is 23.1. The molecule has 4 rings (SSSR count). The van der Waals surface area contributed by atoms with Crippen LogP contribution in [0.1, 0.15) is 16.7 Å². The van der Waals surface area contributed by atoms with Gasteiger partial charge >= 0.3 is 6.18 Å². The van der Waals surface area contributed by atoms with Gasteiger partial charge in [0.05, 0.1) is 5.52 Å². The summed E-state index contributed by atoms with van der Waals surface area (Å²) in [6.07, 6.45) is -2.31. The summed E-state index contributed by atoms with van der Waals surface area (Å²) in [7, 11) is 0. The van der Waals surface area contributed by atoms with Crippen molar-refractivity contribution in [3.05, 3.63) is 82.6 Å². The molecule has 0 saturated heterocycles. The Morgan fingerprint density at radius 2 is 1.81 bits per heavy atom. The summed E-state index contributed by atoms with van der Waals surface area (Å²) in [5, 5.41) is 21.5. The van der Waals surface area contributed by atoms with Gasteiger partial charge in [-0.05, 0) is 42.0 Å². The van der Waals surface area contributed by atoms with Gasteiger partial charge in [-0.2, -0.15) is 13.2 Å². The number of aromatic amines is 1. The second kappa shape index (κ2) is 7.88. The molecule has 0 bridgehead atoms. The van der Waals surface area contributed by atoms with Gasteiger partial charge in [-0.15, -0.1) is 0 Å². The number of benzene rings is 2. The number of alkyl halides is 3. The van der Waals surface area contributed by atoms with Gasteiger partial charge in [0.15, 0.2) is 5.15 Å². The molecule has 0 aliphatic carbocycles. The minimum Gasteiger partial charge on any atom is -0.372 e. The highest BCUT2D eigenvalue weighted by molar-refractivity contribution is 6.33. The van der Waals surface area contributed by atoms with E-state index in [1.54, 1.807) is 0 Å². The van der Waals surface area contributed by atoms with E-state index < -0.39 is 28.7 Å². The highest BCUT2D eigenvalue weighted by atomic mass is 35.5. The molecular formula is C21H14ClF4N5O. The first-order valence-corrected chi connectivity index (χ1v) is 9.47. The number of aliphatic hydroxyl groups is 1. The summed E-state index contributed by atoms with van der Waals surface area (Å²) in [6, 6.07) is 8.76. The van der Waals surface area contributed by atoms with Crippen LogP contribution in [0.3, 0.4) is 0 Å². The molecule has 0 fully saturated rings. The molecule has 4 N–H and O–H groups in total. The molecule has 2 aromatic carbocycles. The van der Waals surface area contributed by atoms with E-state index in [2.05, 4.69) is 20.3 Å². The number of halogens is 5.